The van der Waals surface area contributed by atoms with E-state index in [1.54, 1.807) is 6.26 Å². The predicted molar refractivity (Wildman–Crippen MR) is 85.1 cm³/mol. The van der Waals surface area contributed by atoms with E-state index in [1.807, 2.05) is 30.5 Å². The van der Waals surface area contributed by atoms with Crippen LogP contribution in [0.15, 0.2) is 65.4 Å². The Morgan fingerprint density at radius 1 is 1.10 bits per heavy atom. The Labute approximate surface area is 124 Å². The summed E-state index contributed by atoms with van der Waals surface area (Å²) in [6, 6.07) is 14.6. The number of rotatable bonds is 1. The molecule has 0 aliphatic rings. The molecule has 0 saturated carbocycles. The summed E-state index contributed by atoms with van der Waals surface area (Å²) >= 11 is 0. The number of pyridine rings is 1. The van der Waals surface area contributed by atoms with Gasteiger partial charge in [-0.15, -0.1) is 0 Å². The van der Waals surface area contributed by atoms with Gasteiger partial charge in [-0.2, -0.15) is 0 Å². The monoisotopic (exact) mass is 275 g/mol. The van der Waals surface area contributed by atoms with Crippen molar-refractivity contribution in [1.29, 1.82) is 0 Å². The normalized spacial score (nSPS) is 12.0. The molecule has 0 N–H and O–H groups in total. The van der Waals surface area contributed by atoms with Crippen LogP contribution in [0.2, 0.25) is 0 Å². The lowest BCUT2D eigenvalue weighted by Gasteiger charge is -2.08. The van der Waals surface area contributed by atoms with E-state index in [0.29, 0.717) is 6.04 Å². The third-order valence-corrected chi connectivity index (χ3v) is 4.04. The number of aryl methyl sites for hydroxylation is 2. The molecule has 0 amide bonds. The molecular formula is C19H16NO+. The van der Waals surface area contributed by atoms with Crippen molar-refractivity contribution >= 4 is 21.7 Å². The molecule has 2 heteroatoms. The molecule has 0 fully saturated rings. The van der Waals surface area contributed by atoms with Crippen LogP contribution in [-0.2, 0) is 7.05 Å². The summed E-state index contributed by atoms with van der Waals surface area (Å²) in [6.45, 7) is 2.12. The highest BCUT2D eigenvalue weighted by atomic mass is 16.3. The van der Waals surface area contributed by atoms with Gasteiger partial charge >= 0.3 is 0 Å². The number of fused-ring (bicyclic) bond motifs is 2. The molecule has 102 valence electrons. The molecule has 0 aliphatic carbocycles. The lowest BCUT2D eigenvalue weighted by Crippen LogP contribution is -2.30. The van der Waals surface area contributed by atoms with E-state index in [2.05, 4.69) is 36.7 Å². The minimum atomic E-state index is 0.533. The molecule has 0 bridgehead atoms. The van der Waals surface area contributed by atoms with E-state index < -0.39 is 0 Å². The number of nitrogens with zero attached hydrogens (tertiary/aromatic N) is 1. The first kappa shape index (κ1) is 11.1. The minimum Gasteiger partial charge on any atom is -0.464 e. The summed E-state index contributed by atoms with van der Waals surface area (Å²) in [6.07, 6.45) is 3.77. The second kappa shape index (κ2) is 4.45. The van der Waals surface area contributed by atoms with Crippen molar-refractivity contribution in [3.8, 4) is 11.3 Å². The van der Waals surface area contributed by atoms with Gasteiger partial charge in [-0.05, 0) is 42.1 Å². The van der Waals surface area contributed by atoms with E-state index in [9.17, 15) is 0 Å². The number of furan rings is 1. The van der Waals surface area contributed by atoms with Gasteiger partial charge in [0.25, 0.3) is 0 Å². The Kier molecular flexibility index (Phi) is 2.35. The van der Waals surface area contributed by atoms with Crippen LogP contribution in [0.1, 0.15) is 6.93 Å². The summed E-state index contributed by atoms with van der Waals surface area (Å²) in [5.41, 5.74) is 4.42. The van der Waals surface area contributed by atoms with Gasteiger partial charge in [-0.25, -0.2) is 4.57 Å². The summed E-state index contributed by atoms with van der Waals surface area (Å²) in [5.74, 6) is 0. The Balaban J connectivity index is 2.10. The maximum Gasteiger partial charge on any atom is 0.220 e. The molecule has 0 unspecified atom stereocenters. The van der Waals surface area contributed by atoms with Crippen molar-refractivity contribution in [2.45, 2.75) is 6.92 Å². The van der Waals surface area contributed by atoms with Crippen LogP contribution in [0, 0.1) is 6.92 Å². The van der Waals surface area contributed by atoms with Crippen LogP contribution in [0.25, 0.3) is 33.0 Å². The maximum absolute atomic E-state index is 7.81. The quantitative estimate of drug-likeness (QED) is 0.471. The van der Waals surface area contributed by atoms with Crippen LogP contribution in [0.5, 0.6) is 0 Å². The van der Waals surface area contributed by atoms with Gasteiger partial charge in [0, 0.05) is 11.5 Å². The fourth-order valence-electron chi connectivity index (χ4n) is 2.97. The highest BCUT2D eigenvalue weighted by Crippen LogP contribution is 2.31. The van der Waals surface area contributed by atoms with Crippen LogP contribution in [0.4, 0.5) is 0 Å². The molecule has 0 atom stereocenters. The van der Waals surface area contributed by atoms with E-state index in [-0.39, 0.29) is 0 Å². The van der Waals surface area contributed by atoms with Gasteiger partial charge in [0.05, 0.1) is 18.6 Å². The lowest BCUT2D eigenvalue weighted by molar-refractivity contribution is -0.659. The number of hydrogen-bond donors (Lipinski definition) is 0. The van der Waals surface area contributed by atoms with Gasteiger partial charge in [0.1, 0.15) is 12.6 Å². The Morgan fingerprint density at radius 2 is 2.00 bits per heavy atom. The summed E-state index contributed by atoms with van der Waals surface area (Å²) in [7, 11) is 2.05. The predicted octanol–water partition coefficient (Wildman–Crippen LogP) is 4.39. The van der Waals surface area contributed by atoms with Crippen LogP contribution in [0.3, 0.4) is 0 Å². The van der Waals surface area contributed by atoms with E-state index >= 15 is 0 Å². The molecule has 4 rings (SSSR count). The largest absolute Gasteiger partial charge is 0.464 e. The van der Waals surface area contributed by atoms with E-state index in [0.717, 1.165) is 33.0 Å². The summed E-state index contributed by atoms with van der Waals surface area (Å²) < 4.78 is 15.5. The fraction of sp³-hybridized carbons (Fsp3) is 0.105. The number of benzene rings is 2. The van der Waals surface area contributed by atoms with Crippen molar-refractivity contribution in [3.63, 3.8) is 0 Å². The standard InChI is InChI=1S/C19H16NO/c1-13-11-15-8-10-21-18(15)12-17(13)19-16-6-4-3-5-14(16)7-9-20(19)2/h3-12H,1-2H3/q+1/i3D. The first-order chi connectivity index (χ1) is 10.6. The average Bonchev–Trinajstić information content (AvgIpc) is 2.94. The van der Waals surface area contributed by atoms with Crippen molar-refractivity contribution in [1.82, 2.24) is 0 Å². The van der Waals surface area contributed by atoms with Crippen LogP contribution in [-0.4, -0.2) is 0 Å². The summed E-state index contributed by atoms with van der Waals surface area (Å²) in [5, 5.41) is 3.35. The van der Waals surface area contributed by atoms with Gasteiger partial charge in [-0.1, -0.05) is 18.2 Å². The first-order valence-electron chi connectivity index (χ1n) is 7.51. The molecule has 0 saturated heterocycles. The van der Waals surface area contributed by atoms with Crippen molar-refractivity contribution < 1.29 is 10.4 Å². The zero-order chi connectivity index (χ0) is 15.3. The second-order valence-electron chi connectivity index (χ2n) is 5.41. The summed E-state index contributed by atoms with van der Waals surface area (Å²) in [4.78, 5) is 0. The zero-order valence-electron chi connectivity index (χ0n) is 13.1. The van der Waals surface area contributed by atoms with Gasteiger partial charge < -0.3 is 4.42 Å². The third kappa shape index (κ3) is 1.83. The molecule has 2 heterocycles. The third-order valence-electron chi connectivity index (χ3n) is 4.04. The smallest absolute Gasteiger partial charge is 0.220 e. The average molecular weight is 275 g/mol. The molecule has 0 radical (unpaired) electrons. The first-order valence-corrected chi connectivity index (χ1v) is 7.01. The Hall–Kier alpha value is -2.61. The van der Waals surface area contributed by atoms with Gasteiger partial charge in [0.2, 0.25) is 5.69 Å². The van der Waals surface area contributed by atoms with Gasteiger partial charge in [-0.3, -0.25) is 0 Å². The number of aromatic nitrogens is 1. The molecule has 2 aromatic carbocycles. The van der Waals surface area contributed by atoms with Crippen molar-refractivity contribution in [2.24, 2.45) is 7.05 Å². The maximum atomic E-state index is 7.81. The Bertz CT molecular complexity index is 1020. The zero-order valence-corrected chi connectivity index (χ0v) is 12.1. The molecule has 0 aliphatic heterocycles. The highest BCUT2D eigenvalue weighted by molar-refractivity contribution is 5.95. The molecular weight excluding hydrogens is 258 g/mol. The molecule has 21 heavy (non-hydrogen) atoms. The number of hydrogen-bond acceptors (Lipinski definition) is 1. The molecule has 2 nitrogen and oxygen atoms in total. The van der Waals surface area contributed by atoms with Crippen LogP contribution < -0.4 is 4.57 Å². The van der Waals surface area contributed by atoms with Crippen molar-refractivity contribution in [3.05, 3.63) is 66.5 Å². The van der Waals surface area contributed by atoms with E-state index in [1.165, 1.54) is 5.56 Å². The molecule has 2 aromatic heterocycles. The second-order valence-corrected chi connectivity index (χ2v) is 5.41. The molecule has 0 spiro atoms. The minimum absolute atomic E-state index is 0.533. The molecule has 4 aromatic rings. The Morgan fingerprint density at radius 3 is 2.90 bits per heavy atom. The van der Waals surface area contributed by atoms with Crippen molar-refractivity contribution in [2.75, 3.05) is 0 Å². The van der Waals surface area contributed by atoms with Gasteiger partial charge in [0.15, 0.2) is 6.20 Å². The SMILES string of the molecule is [2H]c1ccc2c(-c3cc4occc4cc3C)[n+](C)ccc2c1. The lowest BCUT2D eigenvalue weighted by atomic mass is 9.98. The fourth-order valence-corrected chi connectivity index (χ4v) is 2.97. The van der Waals surface area contributed by atoms with Crippen LogP contribution >= 0.6 is 0 Å². The topological polar surface area (TPSA) is 17.0 Å². The highest BCUT2D eigenvalue weighted by Gasteiger charge is 2.17. The van der Waals surface area contributed by atoms with E-state index in [4.69, 9.17) is 5.79 Å².